The maximum absolute atomic E-state index is 10.5. The number of rotatable bonds is 3. The van der Waals surface area contributed by atoms with Crippen molar-refractivity contribution in [2.75, 3.05) is 0 Å². The zero-order valence-electron chi connectivity index (χ0n) is 7.66. The van der Waals surface area contributed by atoms with Gasteiger partial charge in [0.15, 0.2) is 11.1 Å². The van der Waals surface area contributed by atoms with Crippen molar-refractivity contribution in [1.29, 1.82) is 0 Å². The predicted octanol–water partition coefficient (Wildman–Crippen LogP) is 1.46. The molecule has 0 amide bonds. The van der Waals surface area contributed by atoms with E-state index in [4.69, 9.17) is 8.97 Å². The van der Waals surface area contributed by atoms with Crippen molar-refractivity contribution >= 4 is 11.1 Å². The topological polar surface area (TPSA) is 76.2 Å². The van der Waals surface area contributed by atoms with Gasteiger partial charge in [0.05, 0.1) is 0 Å². The molecule has 0 aliphatic carbocycles. The second-order valence-electron chi connectivity index (χ2n) is 2.83. The molecule has 0 saturated heterocycles. The summed E-state index contributed by atoms with van der Waals surface area (Å²) in [6.07, 6.45) is 0. The summed E-state index contributed by atoms with van der Waals surface area (Å²) in [4.78, 5) is 0. The van der Waals surface area contributed by atoms with Gasteiger partial charge in [0, 0.05) is 5.56 Å². The van der Waals surface area contributed by atoms with Crippen molar-refractivity contribution in [3.8, 4) is 11.5 Å². The Morgan fingerprint density at radius 1 is 1.27 bits per heavy atom. The first kappa shape index (κ1) is 10.0. The van der Waals surface area contributed by atoms with E-state index >= 15 is 0 Å². The third-order valence-electron chi connectivity index (χ3n) is 1.73. The second-order valence-corrected chi connectivity index (χ2v) is 3.76. The average molecular weight is 224 g/mol. The van der Waals surface area contributed by atoms with Crippen molar-refractivity contribution in [3.63, 3.8) is 0 Å². The molecule has 1 heterocycles. The van der Waals surface area contributed by atoms with Crippen LogP contribution in [0.2, 0.25) is 0 Å². The molecule has 0 aliphatic rings. The summed E-state index contributed by atoms with van der Waals surface area (Å²) in [5, 5.41) is 7.44. The largest absolute Gasteiger partial charge is 0.420 e. The third-order valence-corrected chi connectivity index (χ3v) is 2.23. The molecule has 0 saturated carbocycles. The zero-order valence-corrected chi connectivity index (χ0v) is 8.48. The Bertz CT molecular complexity index is 469. The van der Waals surface area contributed by atoms with E-state index in [1.807, 2.05) is 30.3 Å². The van der Waals surface area contributed by atoms with Crippen LogP contribution in [0.5, 0.6) is 0 Å². The lowest BCUT2D eigenvalue weighted by atomic mass is 10.2. The average Bonchev–Trinajstić information content (AvgIpc) is 2.67. The van der Waals surface area contributed by atoms with E-state index in [-0.39, 0.29) is 11.6 Å². The van der Waals surface area contributed by atoms with Crippen LogP contribution in [0.4, 0.5) is 0 Å². The summed E-state index contributed by atoms with van der Waals surface area (Å²) in [7, 11) is 0. The Morgan fingerprint density at radius 3 is 2.67 bits per heavy atom. The zero-order chi connectivity index (χ0) is 10.7. The molecule has 1 aromatic carbocycles. The highest BCUT2D eigenvalue weighted by Crippen LogP contribution is 2.17. The van der Waals surface area contributed by atoms with Crippen LogP contribution in [0.15, 0.2) is 34.7 Å². The van der Waals surface area contributed by atoms with Gasteiger partial charge in [-0.05, 0) is 12.1 Å². The van der Waals surface area contributed by atoms with Gasteiger partial charge in [0.2, 0.25) is 11.8 Å². The molecule has 0 spiro atoms. The summed E-state index contributed by atoms with van der Waals surface area (Å²) in [5.41, 5.74) is 0.792. The van der Waals surface area contributed by atoms with Crippen LogP contribution in [0, 0.1) is 0 Å². The molecule has 1 N–H and O–H groups in total. The molecule has 1 atom stereocenters. The summed E-state index contributed by atoms with van der Waals surface area (Å²) >= 11 is -1.96. The Hall–Kier alpha value is -1.53. The fourth-order valence-electron chi connectivity index (χ4n) is 1.11. The summed E-state index contributed by atoms with van der Waals surface area (Å²) in [5.74, 6) is 0.380. The fraction of sp³-hybridized carbons (Fsp3) is 0.111. The summed E-state index contributed by atoms with van der Waals surface area (Å²) < 4.78 is 24.3. The Morgan fingerprint density at radius 2 is 2.00 bits per heavy atom. The second kappa shape index (κ2) is 4.33. The van der Waals surface area contributed by atoms with E-state index < -0.39 is 11.1 Å². The van der Waals surface area contributed by atoms with Gasteiger partial charge < -0.3 is 8.97 Å². The molecule has 6 heteroatoms. The summed E-state index contributed by atoms with van der Waals surface area (Å²) in [6.45, 7) is 0. The highest BCUT2D eigenvalue weighted by molar-refractivity contribution is 7.78. The standard InChI is InChI=1S/C9H8N2O3S/c12-15(13)6-8-10-11-9(14-8)7-4-2-1-3-5-7/h1-5H,6H2,(H,12,13). The number of hydrogen-bond donors (Lipinski definition) is 1. The molecular weight excluding hydrogens is 216 g/mol. The minimum Gasteiger partial charge on any atom is -0.420 e. The molecule has 2 aromatic rings. The van der Waals surface area contributed by atoms with E-state index in [9.17, 15) is 4.21 Å². The normalized spacial score (nSPS) is 12.6. The van der Waals surface area contributed by atoms with Gasteiger partial charge >= 0.3 is 0 Å². The van der Waals surface area contributed by atoms with Gasteiger partial charge in [-0.15, -0.1) is 10.2 Å². The number of nitrogens with zero attached hydrogens (tertiary/aromatic N) is 2. The van der Waals surface area contributed by atoms with Crippen molar-refractivity contribution < 1.29 is 13.2 Å². The Labute approximate surface area is 88.4 Å². The lowest BCUT2D eigenvalue weighted by Crippen LogP contribution is -1.92. The van der Waals surface area contributed by atoms with Crippen LogP contribution in [0.25, 0.3) is 11.5 Å². The Balaban J connectivity index is 2.24. The molecule has 0 fully saturated rings. The molecule has 2 rings (SSSR count). The number of aromatic nitrogens is 2. The van der Waals surface area contributed by atoms with Gasteiger partial charge in [-0.1, -0.05) is 18.2 Å². The van der Waals surface area contributed by atoms with Gasteiger partial charge in [0.25, 0.3) is 0 Å². The monoisotopic (exact) mass is 224 g/mol. The highest BCUT2D eigenvalue weighted by Gasteiger charge is 2.09. The van der Waals surface area contributed by atoms with Crippen LogP contribution in [-0.2, 0) is 16.8 Å². The van der Waals surface area contributed by atoms with Gasteiger partial charge in [-0.3, -0.25) is 0 Å². The van der Waals surface area contributed by atoms with E-state index in [2.05, 4.69) is 10.2 Å². The summed E-state index contributed by atoms with van der Waals surface area (Å²) in [6, 6.07) is 9.23. The molecule has 15 heavy (non-hydrogen) atoms. The molecule has 1 aromatic heterocycles. The van der Waals surface area contributed by atoms with E-state index in [1.54, 1.807) is 0 Å². The smallest absolute Gasteiger partial charge is 0.247 e. The fourth-order valence-corrected chi connectivity index (χ4v) is 1.44. The SMILES string of the molecule is O=S(O)Cc1nnc(-c2ccccc2)o1. The first-order valence-corrected chi connectivity index (χ1v) is 5.48. The van der Waals surface area contributed by atoms with Crippen molar-refractivity contribution in [2.24, 2.45) is 0 Å². The predicted molar refractivity (Wildman–Crippen MR) is 54.2 cm³/mol. The molecule has 0 bridgehead atoms. The molecule has 5 nitrogen and oxygen atoms in total. The van der Waals surface area contributed by atoms with Crippen LogP contribution in [0.1, 0.15) is 5.89 Å². The lowest BCUT2D eigenvalue weighted by Gasteiger charge is -1.91. The van der Waals surface area contributed by atoms with E-state index in [0.29, 0.717) is 5.89 Å². The van der Waals surface area contributed by atoms with Gasteiger partial charge in [0.1, 0.15) is 5.75 Å². The molecular formula is C9H8N2O3S. The van der Waals surface area contributed by atoms with E-state index in [0.717, 1.165) is 5.56 Å². The first-order chi connectivity index (χ1) is 7.25. The van der Waals surface area contributed by atoms with Crippen LogP contribution in [0.3, 0.4) is 0 Å². The van der Waals surface area contributed by atoms with Crippen molar-refractivity contribution in [1.82, 2.24) is 10.2 Å². The molecule has 0 radical (unpaired) electrons. The maximum Gasteiger partial charge on any atom is 0.247 e. The van der Waals surface area contributed by atoms with Gasteiger partial charge in [-0.2, -0.15) is 0 Å². The molecule has 78 valence electrons. The van der Waals surface area contributed by atoms with E-state index in [1.165, 1.54) is 0 Å². The minimum absolute atomic E-state index is 0.139. The molecule has 0 aliphatic heterocycles. The highest BCUT2D eigenvalue weighted by atomic mass is 32.2. The Kier molecular flexibility index (Phi) is 2.89. The van der Waals surface area contributed by atoms with Crippen LogP contribution >= 0.6 is 0 Å². The van der Waals surface area contributed by atoms with Crippen LogP contribution < -0.4 is 0 Å². The maximum atomic E-state index is 10.5. The third kappa shape index (κ3) is 2.48. The number of benzene rings is 1. The van der Waals surface area contributed by atoms with Crippen LogP contribution in [-0.4, -0.2) is 19.0 Å². The van der Waals surface area contributed by atoms with Gasteiger partial charge in [-0.25, -0.2) is 4.21 Å². The minimum atomic E-state index is -1.96. The lowest BCUT2D eigenvalue weighted by molar-refractivity contribution is 0.511. The molecule has 1 unspecified atom stereocenters. The van der Waals surface area contributed by atoms with Crippen molar-refractivity contribution in [2.45, 2.75) is 5.75 Å². The number of hydrogen-bond acceptors (Lipinski definition) is 4. The first-order valence-electron chi connectivity index (χ1n) is 4.21. The quantitative estimate of drug-likeness (QED) is 0.798. The van der Waals surface area contributed by atoms with Crippen molar-refractivity contribution in [3.05, 3.63) is 36.2 Å².